The topological polar surface area (TPSA) is 12.0 Å². The van der Waals surface area contributed by atoms with Crippen LogP contribution in [0.15, 0.2) is 17.5 Å². The first-order valence-corrected chi connectivity index (χ1v) is 7.21. The molecule has 16 heavy (non-hydrogen) atoms. The maximum absolute atomic E-state index is 3.75. The van der Waals surface area contributed by atoms with Crippen molar-refractivity contribution in [3.05, 3.63) is 22.4 Å². The van der Waals surface area contributed by atoms with Crippen LogP contribution in [0.25, 0.3) is 0 Å². The van der Waals surface area contributed by atoms with E-state index in [9.17, 15) is 0 Å². The average Bonchev–Trinajstić information content (AvgIpc) is 2.87. The second-order valence-electron chi connectivity index (χ2n) is 6.10. The van der Waals surface area contributed by atoms with E-state index in [1.54, 1.807) is 0 Å². The van der Waals surface area contributed by atoms with Gasteiger partial charge in [0.2, 0.25) is 0 Å². The summed E-state index contributed by atoms with van der Waals surface area (Å²) >= 11 is 1.89. The minimum atomic E-state index is 0.441. The van der Waals surface area contributed by atoms with E-state index in [1.807, 2.05) is 11.3 Å². The Labute approximate surface area is 103 Å². The predicted octanol–water partition coefficient (Wildman–Crippen LogP) is 4.23. The Morgan fingerprint density at radius 1 is 1.44 bits per heavy atom. The molecule has 0 bridgehead atoms. The molecule has 2 rings (SSSR count). The van der Waals surface area contributed by atoms with Crippen LogP contribution >= 0.6 is 11.3 Å². The average molecular weight is 237 g/mol. The van der Waals surface area contributed by atoms with Gasteiger partial charge in [0, 0.05) is 10.9 Å². The molecule has 1 nitrogen and oxygen atoms in total. The maximum Gasteiger partial charge on any atom is 0.0443 e. The lowest BCUT2D eigenvalue weighted by atomic mass is 9.92. The molecule has 1 aromatic heterocycles. The van der Waals surface area contributed by atoms with Crippen LogP contribution in [0.4, 0.5) is 0 Å². The molecule has 1 heterocycles. The van der Waals surface area contributed by atoms with E-state index >= 15 is 0 Å². The molecular weight excluding hydrogens is 214 g/mol. The largest absolute Gasteiger partial charge is 0.309 e. The molecule has 1 fully saturated rings. The number of nitrogens with one attached hydrogen (secondary N) is 1. The van der Waals surface area contributed by atoms with E-state index in [-0.39, 0.29) is 0 Å². The number of rotatable bonds is 5. The van der Waals surface area contributed by atoms with Crippen LogP contribution < -0.4 is 5.32 Å². The SMILES string of the molecule is CC(C)(C)CCNC(c1cccs1)C1CC1. The Kier molecular flexibility index (Phi) is 3.70. The molecular formula is C14H23NS. The molecule has 1 saturated carbocycles. The molecule has 1 atom stereocenters. The van der Waals surface area contributed by atoms with E-state index in [0.29, 0.717) is 11.5 Å². The Bertz CT molecular complexity index is 306. The predicted molar refractivity (Wildman–Crippen MR) is 71.9 cm³/mol. The van der Waals surface area contributed by atoms with Gasteiger partial charge in [-0.3, -0.25) is 0 Å². The summed E-state index contributed by atoms with van der Waals surface area (Å²) in [6.45, 7) is 8.08. The summed E-state index contributed by atoms with van der Waals surface area (Å²) in [6, 6.07) is 5.07. The highest BCUT2D eigenvalue weighted by molar-refractivity contribution is 7.10. The molecule has 1 aromatic rings. The van der Waals surface area contributed by atoms with Gasteiger partial charge in [-0.15, -0.1) is 11.3 Å². The number of hydrogen-bond donors (Lipinski definition) is 1. The molecule has 2 heteroatoms. The lowest BCUT2D eigenvalue weighted by Gasteiger charge is -2.22. The summed E-state index contributed by atoms with van der Waals surface area (Å²) in [5, 5.41) is 5.94. The van der Waals surface area contributed by atoms with E-state index in [0.717, 1.165) is 12.5 Å². The lowest BCUT2D eigenvalue weighted by Crippen LogP contribution is -2.26. The minimum Gasteiger partial charge on any atom is -0.309 e. The fraction of sp³-hybridized carbons (Fsp3) is 0.714. The first-order chi connectivity index (χ1) is 7.56. The third-order valence-corrected chi connectivity index (χ3v) is 4.14. The maximum atomic E-state index is 3.75. The summed E-state index contributed by atoms with van der Waals surface area (Å²) in [4.78, 5) is 1.52. The van der Waals surface area contributed by atoms with Crippen molar-refractivity contribution in [1.29, 1.82) is 0 Å². The number of thiophene rings is 1. The van der Waals surface area contributed by atoms with Crippen LogP contribution in [0.2, 0.25) is 0 Å². The van der Waals surface area contributed by atoms with Gasteiger partial charge in [0.15, 0.2) is 0 Å². The second-order valence-corrected chi connectivity index (χ2v) is 7.07. The van der Waals surface area contributed by atoms with E-state index in [1.165, 1.54) is 24.1 Å². The quantitative estimate of drug-likeness (QED) is 0.808. The molecule has 1 unspecified atom stereocenters. The van der Waals surface area contributed by atoms with Crippen LogP contribution in [-0.4, -0.2) is 6.54 Å². The van der Waals surface area contributed by atoms with Crippen molar-refractivity contribution in [3.63, 3.8) is 0 Å². The van der Waals surface area contributed by atoms with Gasteiger partial charge in [0.1, 0.15) is 0 Å². The normalized spacial score (nSPS) is 18.7. The van der Waals surface area contributed by atoms with Crippen LogP contribution in [0.3, 0.4) is 0 Å². The van der Waals surface area contributed by atoms with Gasteiger partial charge in [-0.2, -0.15) is 0 Å². The Balaban J connectivity index is 1.85. The van der Waals surface area contributed by atoms with Gasteiger partial charge >= 0.3 is 0 Å². The molecule has 1 aliphatic carbocycles. The Hall–Kier alpha value is -0.340. The summed E-state index contributed by atoms with van der Waals surface area (Å²) in [7, 11) is 0. The van der Waals surface area contributed by atoms with Gasteiger partial charge in [0.25, 0.3) is 0 Å². The van der Waals surface area contributed by atoms with Crippen molar-refractivity contribution >= 4 is 11.3 Å². The van der Waals surface area contributed by atoms with Gasteiger partial charge in [0.05, 0.1) is 0 Å². The zero-order valence-corrected chi connectivity index (χ0v) is 11.4. The standard InChI is InChI=1S/C14H23NS/c1-14(2,3)8-9-15-13(11-6-7-11)12-5-4-10-16-12/h4-5,10-11,13,15H,6-9H2,1-3H3. The molecule has 1 N–H and O–H groups in total. The van der Waals surface area contributed by atoms with Crippen molar-refractivity contribution in [2.45, 2.75) is 46.1 Å². The van der Waals surface area contributed by atoms with Gasteiger partial charge in [-0.1, -0.05) is 26.8 Å². The second kappa shape index (κ2) is 4.89. The Morgan fingerprint density at radius 2 is 2.19 bits per heavy atom. The van der Waals surface area contributed by atoms with Gasteiger partial charge in [-0.05, 0) is 48.6 Å². The van der Waals surface area contributed by atoms with Crippen molar-refractivity contribution in [1.82, 2.24) is 5.32 Å². The molecule has 0 amide bonds. The summed E-state index contributed by atoms with van der Waals surface area (Å²) < 4.78 is 0. The summed E-state index contributed by atoms with van der Waals surface area (Å²) in [6.07, 6.45) is 4.07. The zero-order valence-electron chi connectivity index (χ0n) is 10.6. The van der Waals surface area contributed by atoms with Crippen molar-refractivity contribution in [2.24, 2.45) is 11.3 Å². The highest BCUT2D eigenvalue weighted by atomic mass is 32.1. The van der Waals surface area contributed by atoms with E-state index < -0.39 is 0 Å². The minimum absolute atomic E-state index is 0.441. The molecule has 0 aliphatic heterocycles. The smallest absolute Gasteiger partial charge is 0.0443 e. The highest BCUT2D eigenvalue weighted by Crippen LogP contribution is 2.42. The molecule has 90 valence electrons. The number of hydrogen-bond acceptors (Lipinski definition) is 2. The van der Waals surface area contributed by atoms with Crippen molar-refractivity contribution < 1.29 is 0 Å². The summed E-state index contributed by atoms with van der Waals surface area (Å²) in [5.41, 5.74) is 0.441. The fourth-order valence-corrected chi connectivity index (χ4v) is 2.89. The van der Waals surface area contributed by atoms with Gasteiger partial charge < -0.3 is 5.32 Å². The summed E-state index contributed by atoms with van der Waals surface area (Å²) in [5.74, 6) is 0.901. The fourth-order valence-electron chi connectivity index (χ4n) is 2.00. The third kappa shape index (κ3) is 3.60. The molecule has 0 saturated heterocycles. The first-order valence-electron chi connectivity index (χ1n) is 6.33. The first kappa shape index (κ1) is 12.1. The van der Waals surface area contributed by atoms with Crippen molar-refractivity contribution in [2.75, 3.05) is 6.54 Å². The van der Waals surface area contributed by atoms with Crippen LogP contribution in [0.1, 0.15) is 51.0 Å². The van der Waals surface area contributed by atoms with Crippen LogP contribution in [0.5, 0.6) is 0 Å². The van der Waals surface area contributed by atoms with E-state index in [2.05, 4.69) is 43.6 Å². The van der Waals surface area contributed by atoms with Crippen LogP contribution in [0, 0.1) is 11.3 Å². The molecule has 0 aromatic carbocycles. The van der Waals surface area contributed by atoms with Crippen LogP contribution in [-0.2, 0) is 0 Å². The van der Waals surface area contributed by atoms with Gasteiger partial charge in [-0.25, -0.2) is 0 Å². The Morgan fingerprint density at radius 3 is 2.69 bits per heavy atom. The molecule has 0 spiro atoms. The third-order valence-electron chi connectivity index (χ3n) is 3.18. The van der Waals surface area contributed by atoms with Crippen molar-refractivity contribution in [3.8, 4) is 0 Å². The lowest BCUT2D eigenvalue weighted by molar-refractivity contribution is 0.348. The molecule has 0 radical (unpaired) electrons. The highest BCUT2D eigenvalue weighted by Gasteiger charge is 2.32. The molecule has 1 aliphatic rings. The monoisotopic (exact) mass is 237 g/mol. The zero-order chi connectivity index (χ0) is 11.6. The van der Waals surface area contributed by atoms with E-state index in [4.69, 9.17) is 0 Å².